The summed E-state index contributed by atoms with van der Waals surface area (Å²) in [6.45, 7) is 6.86. The van der Waals surface area contributed by atoms with Crippen LogP contribution in [0.25, 0.3) is 0 Å². The molecule has 11 heteroatoms. The highest BCUT2D eigenvalue weighted by Gasteiger charge is 2.39. The van der Waals surface area contributed by atoms with Crippen LogP contribution < -0.4 is 10.2 Å². The Hall–Kier alpha value is -2.62. The molecule has 2 aromatic carbocycles. The number of thioether (sulfide) groups is 1. The maximum Gasteiger partial charge on any atom is 0.240 e. The van der Waals surface area contributed by atoms with Crippen LogP contribution in [0.4, 0.5) is 5.69 Å². The molecule has 1 aliphatic rings. The Labute approximate surface area is 218 Å². The lowest BCUT2D eigenvalue weighted by Crippen LogP contribution is -2.43. The van der Waals surface area contributed by atoms with Gasteiger partial charge in [-0.3, -0.25) is 9.59 Å². The monoisotopic (exact) mass is 532 g/mol. The van der Waals surface area contributed by atoms with Crippen molar-refractivity contribution in [1.29, 1.82) is 0 Å². The second-order valence-electron chi connectivity index (χ2n) is 9.54. The number of hydrogen-bond donors (Lipinski definition) is 2. The van der Waals surface area contributed by atoms with E-state index in [2.05, 4.69) is 46.7 Å². The van der Waals surface area contributed by atoms with Crippen molar-refractivity contribution in [3.8, 4) is 0 Å². The van der Waals surface area contributed by atoms with Crippen LogP contribution in [0.3, 0.4) is 0 Å². The third-order valence-electron chi connectivity index (χ3n) is 5.44. The Morgan fingerprint density at radius 3 is 2.63 bits per heavy atom. The van der Waals surface area contributed by atoms with E-state index in [9.17, 15) is 9.59 Å². The van der Waals surface area contributed by atoms with Crippen molar-refractivity contribution in [3.05, 3.63) is 69.5 Å². The summed E-state index contributed by atoms with van der Waals surface area (Å²) in [6.07, 6.45) is -0.00557. The molecule has 2 heterocycles. The van der Waals surface area contributed by atoms with Crippen molar-refractivity contribution in [3.63, 3.8) is 0 Å². The largest absolute Gasteiger partial charge is 0.349 e. The standard InChI is InChI=1S/C24H26Cl2N6O2S/c1-24(2,3)13-32-18-9-8-14(25)10-16(18)22(15-6-4-5-7-17(15)26)35-19(23(32)34)11-21(33)27-12-20-28-30-31-29-20/h4-10,19,22H,11-13H2,1-3H3,(H,27,33)(H,28,29,30,31). The van der Waals surface area contributed by atoms with Crippen LogP contribution >= 0.6 is 35.0 Å². The van der Waals surface area contributed by atoms with Gasteiger partial charge in [-0.1, -0.05) is 62.2 Å². The summed E-state index contributed by atoms with van der Waals surface area (Å²) in [6, 6.07) is 13.1. The second kappa shape index (κ2) is 10.6. The summed E-state index contributed by atoms with van der Waals surface area (Å²) in [5, 5.41) is 16.4. The first-order chi connectivity index (χ1) is 16.6. The van der Waals surface area contributed by atoms with Gasteiger partial charge in [0.1, 0.15) is 0 Å². The number of hydrogen-bond acceptors (Lipinski definition) is 6. The molecule has 8 nitrogen and oxygen atoms in total. The maximum atomic E-state index is 13.9. The number of carbonyl (C=O) groups is 2. The zero-order valence-corrected chi connectivity index (χ0v) is 21.9. The molecule has 1 aromatic heterocycles. The number of benzene rings is 2. The minimum absolute atomic E-state index is 0.00557. The van der Waals surface area contributed by atoms with Crippen LogP contribution in [0.5, 0.6) is 0 Å². The first-order valence-corrected chi connectivity index (χ1v) is 12.8. The maximum absolute atomic E-state index is 13.9. The smallest absolute Gasteiger partial charge is 0.240 e. The van der Waals surface area contributed by atoms with Gasteiger partial charge >= 0.3 is 0 Å². The average Bonchev–Trinajstić information content (AvgIpc) is 3.29. The SMILES string of the molecule is CC(C)(C)CN1C(=O)C(CC(=O)NCc2nnn[nH]2)SC(c2ccccc2Cl)c2cc(Cl)ccc21. The first kappa shape index (κ1) is 25.5. The molecule has 0 radical (unpaired) electrons. The minimum Gasteiger partial charge on any atom is -0.349 e. The Morgan fingerprint density at radius 2 is 1.94 bits per heavy atom. The molecule has 35 heavy (non-hydrogen) atoms. The molecule has 0 fully saturated rings. The zero-order chi connectivity index (χ0) is 25.2. The van der Waals surface area contributed by atoms with Crippen LogP contribution in [0.15, 0.2) is 42.5 Å². The summed E-state index contributed by atoms with van der Waals surface area (Å²) >= 11 is 14.4. The van der Waals surface area contributed by atoms with Gasteiger partial charge in [-0.05, 0) is 51.2 Å². The summed E-state index contributed by atoms with van der Waals surface area (Å²) in [5.74, 6) is 0.0351. The number of tetrazole rings is 1. The van der Waals surface area contributed by atoms with E-state index in [-0.39, 0.29) is 35.4 Å². The Kier molecular flexibility index (Phi) is 7.68. The van der Waals surface area contributed by atoms with E-state index in [0.717, 1.165) is 16.8 Å². The zero-order valence-electron chi connectivity index (χ0n) is 19.6. The van der Waals surface area contributed by atoms with Crippen molar-refractivity contribution in [2.45, 2.75) is 44.2 Å². The van der Waals surface area contributed by atoms with Gasteiger partial charge in [-0.2, -0.15) is 0 Å². The lowest BCUT2D eigenvalue weighted by Gasteiger charge is -2.31. The van der Waals surface area contributed by atoms with Gasteiger partial charge < -0.3 is 10.2 Å². The van der Waals surface area contributed by atoms with Gasteiger partial charge in [-0.15, -0.1) is 16.9 Å². The third-order valence-corrected chi connectivity index (χ3v) is 7.49. The highest BCUT2D eigenvalue weighted by atomic mass is 35.5. The fourth-order valence-corrected chi connectivity index (χ4v) is 5.94. The molecule has 2 unspecified atom stereocenters. The van der Waals surface area contributed by atoms with Crippen molar-refractivity contribution in [2.75, 3.05) is 11.4 Å². The number of aromatic amines is 1. The molecule has 2 amide bonds. The van der Waals surface area contributed by atoms with Gasteiger partial charge in [-0.25, -0.2) is 5.10 Å². The van der Waals surface area contributed by atoms with E-state index in [1.807, 2.05) is 36.4 Å². The molecule has 4 rings (SSSR count). The summed E-state index contributed by atoms with van der Waals surface area (Å²) in [5.41, 5.74) is 2.37. The Morgan fingerprint density at radius 1 is 1.17 bits per heavy atom. The number of halogens is 2. The van der Waals surface area contributed by atoms with E-state index in [0.29, 0.717) is 22.4 Å². The number of H-pyrrole nitrogens is 1. The number of nitrogens with zero attached hydrogens (tertiary/aromatic N) is 4. The van der Waals surface area contributed by atoms with Crippen LogP contribution in [-0.4, -0.2) is 44.2 Å². The van der Waals surface area contributed by atoms with Gasteiger partial charge in [0.15, 0.2) is 5.82 Å². The molecule has 184 valence electrons. The molecule has 2 atom stereocenters. The van der Waals surface area contributed by atoms with Crippen molar-refractivity contribution in [1.82, 2.24) is 25.9 Å². The van der Waals surface area contributed by atoms with Crippen molar-refractivity contribution < 1.29 is 9.59 Å². The molecule has 0 bridgehead atoms. The van der Waals surface area contributed by atoms with Gasteiger partial charge in [0, 0.05) is 28.7 Å². The number of aromatic nitrogens is 4. The molecular formula is C24H26Cl2N6O2S. The van der Waals surface area contributed by atoms with Crippen molar-refractivity contribution in [2.24, 2.45) is 5.41 Å². The highest BCUT2D eigenvalue weighted by molar-refractivity contribution is 8.01. The minimum atomic E-state index is -0.641. The van der Waals surface area contributed by atoms with E-state index in [1.165, 1.54) is 11.8 Å². The number of amides is 2. The second-order valence-corrected chi connectivity index (χ2v) is 11.7. The van der Waals surface area contributed by atoms with Crippen molar-refractivity contribution >= 4 is 52.5 Å². The van der Waals surface area contributed by atoms with Crippen LogP contribution in [-0.2, 0) is 16.1 Å². The van der Waals surface area contributed by atoms with E-state index in [1.54, 1.807) is 11.0 Å². The average molecular weight is 533 g/mol. The normalized spacial score (nSPS) is 18.2. The van der Waals surface area contributed by atoms with E-state index in [4.69, 9.17) is 23.2 Å². The van der Waals surface area contributed by atoms with Gasteiger partial charge in [0.2, 0.25) is 11.8 Å². The number of rotatable bonds is 6. The number of nitrogens with one attached hydrogen (secondary N) is 2. The molecule has 0 spiro atoms. The summed E-state index contributed by atoms with van der Waals surface area (Å²) < 4.78 is 0. The molecule has 0 saturated heterocycles. The first-order valence-electron chi connectivity index (χ1n) is 11.1. The van der Waals surface area contributed by atoms with Crippen LogP contribution in [0, 0.1) is 5.41 Å². The predicted octanol–water partition coefficient (Wildman–Crippen LogP) is 4.80. The topological polar surface area (TPSA) is 104 Å². The molecule has 1 aliphatic heterocycles. The summed E-state index contributed by atoms with van der Waals surface area (Å²) in [4.78, 5) is 28.6. The van der Waals surface area contributed by atoms with Crippen LogP contribution in [0.2, 0.25) is 10.0 Å². The molecule has 0 saturated carbocycles. The number of fused-ring (bicyclic) bond motifs is 1. The molecule has 0 aliphatic carbocycles. The summed E-state index contributed by atoms with van der Waals surface area (Å²) in [7, 11) is 0. The number of carbonyl (C=O) groups excluding carboxylic acids is 2. The molecule has 3 aromatic rings. The Balaban J connectivity index is 1.73. The molecular weight excluding hydrogens is 507 g/mol. The fourth-order valence-electron chi connectivity index (χ4n) is 3.95. The van der Waals surface area contributed by atoms with E-state index < -0.39 is 5.25 Å². The van der Waals surface area contributed by atoms with Crippen LogP contribution in [0.1, 0.15) is 49.4 Å². The quantitative estimate of drug-likeness (QED) is 0.472. The van der Waals surface area contributed by atoms with E-state index >= 15 is 0 Å². The third kappa shape index (κ3) is 6.15. The van der Waals surface area contributed by atoms with Gasteiger partial charge in [0.05, 0.1) is 17.0 Å². The predicted molar refractivity (Wildman–Crippen MR) is 139 cm³/mol. The Bertz CT molecular complexity index is 1210. The lowest BCUT2D eigenvalue weighted by atomic mass is 9.94. The number of anilines is 1. The molecule has 2 N–H and O–H groups in total. The fraction of sp³-hybridized carbons (Fsp3) is 0.375. The highest BCUT2D eigenvalue weighted by Crippen LogP contribution is 2.49. The van der Waals surface area contributed by atoms with Gasteiger partial charge in [0.25, 0.3) is 0 Å². The lowest BCUT2D eigenvalue weighted by molar-refractivity contribution is -0.125.